The third kappa shape index (κ3) is 6.80. The molecule has 1 heterocycles. The SMILES string of the molecule is CCOC(C)(C)CNC(=O)N1CCCC(CCC(=O)O)C1. The first-order valence-corrected chi connectivity index (χ1v) is 7.72. The third-order valence-electron chi connectivity index (χ3n) is 3.77. The number of carbonyl (C=O) groups is 2. The van der Waals surface area contributed by atoms with Gasteiger partial charge in [-0.05, 0) is 46.0 Å². The quantitative estimate of drug-likeness (QED) is 0.754. The van der Waals surface area contributed by atoms with Crippen LogP contribution < -0.4 is 5.32 Å². The molecule has 0 spiro atoms. The van der Waals surface area contributed by atoms with Crippen LogP contribution in [0.4, 0.5) is 4.79 Å². The first-order chi connectivity index (χ1) is 9.84. The molecule has 122 valence electrons. The largest absolute Gasteiger partial charge is 0.481 e. The van der Waals surface area contributed by atoms with Gasteiger partial charge in [0.2, 0.25) is 0 Å². The highest BCUT2D eigenvalue weighted by Gasteiger charge is 2.25. The predicted octanol–water partition coefficient (Wildman–Crippen LogP) is 2.09. The first-order valence-electron chi connectivity index (χ1n) is 7.72. The number of carboxylic acids is 1. The summed E-state index contributed by atoms with van der Waals surface area (Å²) in [6.07, 6.45) is 2.76. The van der Waals surface area contributed by atoms with Crippen molar-refractivity contribution < 1.29 is 19.4 Å². The Morgan fingerprint density at radius 2 is 2.14 bits per heavy atom. The summed E-state index contributed by atoms with van der Waals surface area (Å²) in [7, 11) is 0. The number of aliphatic carboxylic acids is 1. The molecule has 0 aromatic carbocycles. The fourth-order valence-corrected chi connectivity index (χ4v) is 2.65. The van der Waals surface area contributed by atoms with E-state index in [9.17, 15) is 9.59 Å². The van der Waals surface area contributed by atoms with Crippen molar-refractivity contribution in [1.29, 1.82) is 0 Å². The van der Waals surface area contributed by atoms with Crippen molar-refractivity contribution >= 4 is 12.0 Å². The number of ether oxygens (including phenoxy) is 1. The van der Waals surface area contributed by atoms with Gasteiger partial charge in [-0.25, -0.2) is 4.79 Å². The van der Waals surface area contributed by atoms with Crippen LogP contribution in [0.25, 0.3) is 0 Å². The molecule has 1 saturated heterocycles. The third-order valence-corrected chi connectivity index (χ3v) is 3.77. The molecule has 0 aliphatic carbocycles. The smallest absolute Gasteiger partial charge is 0.317 e. The van der Waals surface area contributed by atoms with Crippen molar-refractivity contribution in [2.24, 2.45) is 5.92 Å². The maximum absolute atomic E-state index is 12.2. The summed E-state index contributed by atoms with van der Waals surface area (Å²) in [6, 6.07) is -0.0807. The summed E-state index contributed by atoms with van der Waals surface area (Å²) >= 11 is 0. The number of nitrogens with zero attached hydrogens (tertiary/aromatic N) is 1. The zero-order valence-corrected chi connectivity index (χ0v) is 13.4. The molecule has 0 saturated carbocycles. The topological polar surface area (TPSA) is 78.9 Å². The van der Waals surface area contributed by atoms with Gasteiger partial charge in [0, 0.05) is 32.7 Å². The van der Waals surface area contributed by atoms with Crippen LogP contribution in [0.3, 0.4) is 0 Å². The van der Waals surface area contributed by atoms with Crippen LogP contribution in [0.5, 0.6) is 0 Å². The Morgan fingerprint density at radius 3 is 2.76 bits per heavy atom. The van der Waals surface area contributed by atoms with Crippen LogP contribution in [0, 0.1) is 5.92 Å². The molecule has 1 atom stereocenters. The van der Waals surface area contributed by atoms with E-state index < -0.39 is 5.97 Å². The molecule has 1 aliphatic rings. The van der Waals surface area contributed by atoms with Crippen LogP contribution >= 0.6 is 0 Å². The molecule has 21 heavy (non-hydrogen) atoms. The summed E-state index contributed by atoms with van der Waals surface area (Å²) in [4.78, 5) is 24.6. The van der Waals surface area contributed by atoms with E-state index >= 15 is 0 Å². The number of carboxylic acid groups (broad SMARTS) is 1. The van der Waals surface area contributed by atoms with Gasteiger partial charge in [-0.2, -0.15) is 0 Å². The van der Waals surface area contributed by atoms with Gasteiger partial charge >= 0.3 is 12.0 Å². The van der Waals surface area contributed by atoms with Crippen molar-refractivity contribution in [2.75, 3.05) is 26.2 Å². The monoisotopic (exact) mass is 300 g/mol. The zero-order valence-electron chi connectivity index (χ0n) is 13.4. The lowest BCUT2D eigenvalue weighted by molar-refractivity contribution is -0.137. The fraction of sp³-hybridized carbons (Fsp3) is 0.867. The van der Waals surface area contributed by atoms with E-state index in [-0.39, 0.29) is 18.1 Å². The van der Waals surface area contributed by atoms with Crippen LogP contribution in [0.15, 0.2) is 0 Å². The Hall–Kier alpha value is -1.30. The molecule has 2 amide bonds. The molecule has 1 unspecified atom stereocenters. The Labute approximate surface area is 126 Å². The van der Waals surface area contributed by atoms with Gasteiger partial charge in [0.15, 0.2) is 0 Å². The van der Waals surface area contributed by atoms with E-state index in [0.717, 1.165) is 19.4 Å². The molecule has 0 radical (unpaired) electrons. The van der Waals surface area contributed by atoms with Crippen LogP contribution in [0.2, 0.25) is 0 Å². The predicted molar refractivity (Wildman–Crippen MR) is 80.3 cm³/mol. The summed E-state index contributed by atoms with van der Waals surface area (Å²) in [5.74, 6) is -0.476. The summed E-state index contributed by atoms with van der Waals surface area (Å²) in [5.41, 5.74) is -0.372. The first kappa shape index (κ1) is 17.8. The minimum atomic E-state index is -0.768. The number of amides is 2. The van der Waals surface area contributed by atoms with Crippen molar-refractivity contribution in [3.63, 3.8) is 0 Å². The molecule has 0 aromatic rings. The van der Waals surface area contributed by atoms with E-state index in [1.807, 2.05) is 20.8 Å². The molecule has 0 bridgehead atoms. The number of carbonyl (C=O) groups excluding carboxylic acids is 1. The number of rotatable bonds is 7. The van der Waals surface area contributed by atoms with Crippen molar-refractivity contribution in [2.45, 2.75) is 52.1 Å². The standard InChI is InChI=1S/C15H28N2O4/c1-4-21-15(2,3)11-16-14(20)17-9-5-6-12(10-17)7-8-13(18)19/h12H,4-11H2,1-3H3,(H,16,20)(H,18,19). The average Bonchev–Trinajstić information content (AvgIpc) is 2.43. The number of likely N-dealkylation sites (tertiary alicyclic amines) is 1. The van der Waals surface area contributed by atoms with Gasteiger partial charge in [-0.15, -0.1) is 0 Å². The van der Waals surface area contributed by atoms with Gasteiger partial charge in [0.1, 0.15) is 0 Å². The molecule has 1 fully saturated rings. The fourth-order valence-electron chi connectivity index (χ4n) is 2.65. The van der Waals surface area contributed by atoms with Gasteiger partial charge < -0.3 is 20.1 Å². The lowest BCUT2D eigenvalue weighted by atomic mass is 9.93. The second kappa shape index (κ2) is 8.22. The summed E-state index contributed by atoms with van der Waals surface area (Å²) < 4.78 is 5.55. The normalized spacial score (nSPS) is 19.4. The number of hydrogen-bond donors (Lipinski definition) is 2. The highest BCUT2D eigenvalue weighted by molar-refractivity contribution is 5.74. The summed E-state index contributed by atoms with van der Waals surface area (Å²) in [6.45, 7) is 8.30. The minimum absolute atomic E-state index is 0.0807. The van der Waals surface area contributed by atoms with Gasteiger partial charge in [-0.1, -0.05) is 0 Å². The molecule has 0 aromatic heterocycles. The number of hydrogen-bond acceptors (Lipinski definition) is 3. The molecule has 2 N–H and O–H groups in total. The highest BCUT2D eigenvalue weighted by atomic mass is 16.5. The van der Waals surface area contributed by atoms with Crippen LogP contribution in [-0.2, 0) is 9.53 Å². The van der Waals surface area contributed by atoms with Crippen molar-refractivity contribution in [3.05, 3.63) is 0 Å². The molecule has 6 heteroatoms. The Balaban J connectivity index is 2.38. The minimum Gasteiger partial charge on any atom is -0.481 e. The number of piperidine rings is 1. The van der Waals surface area contributed by atoms with Crippen LogP contribution in [0.1, 0.15) is 46.5 Å². The maximum Gasteiger partial charge on any atom is 0.317 e. The lowest BCUT2D eigenvalue weighted by Crippen LogP contribution is -2.49. The second-order valence-corrected chi connectivity index (χ2v) is 6.24. The molecule has 1 rings (SSSR count). The van der Waals surface area contributed by atoms with Crippen LogP contribution in [-0.4, -0.2) is 53.8 Å². The lowest BCUT2D eigenvalue weighted by Gasteiger charge is -2.34. The van der Waals surface area contributed by atoms with E-state index in [4.69, 9.17) is 9.84 Å². The van der Waals surface area contributed by atoms with E-state index in [2.05, 4.69) is 5.32 Å². The number of nitrogens with one attached hydrogen (secondary N) is 1. The van der Waals surface area contributed by atoms with Gasteiger partial charge in [-0.3, -0.25) is 4.79 Å². The Kier molecular flexibility index (Phi) is 6.95. The summed E-state index contributed by atoms with van der Waals surface area (Å²) in [5, 5.41) is 11.6. The molecule has 1 aliphatic heterocycles. The molecular formula is C15H28N2O4. The number of urea groups is 1. The average molecular weight is 300 g/mol. The second-order valence-electron chi connectivity index (χ2n) is 6.24. The van der Waals surface area contributed by atoms with Crippen molar-refractivity contribution in [1.82, 2.24) is 10.2 Å². The van der Waals surface area contributed by atoms with E-state index in [1.54, 1.807) is 4.90 Å². The molecule has 6 nitrogen and oxygen atoms in total. The van der Waals surface area contributed by atoms with E-state index in [0.29, 0.717) is 32.0 Å². The van der Waals surface area contributed by atoms with Crippen molar-refractivity contribution in [3.8, 4) is 0 Å². The Morgan fingerprint density at radius 1 is 1.43 bits per heavy atom. The van der Waals surface area contributed by atoms with E-state index in [1.165, 1.54) is 0 Å². The molecular weight excluding hydrogens is 272 g/mol. The van der Waals surface area contributed by atoms with Gasteiger partial charge in [0.25, 0.3) is 0 Å². The van der Waals surface area contributed by atoms with Gasteiger partial charge in [0.05, 0.1) is 5.60 Å². The highest BCUT2D eigenvalue weighted by Crippen LogP contribution is 2.21. The maximum atomic E-state index is 12.2. The zero-order chi connectivity index (χ0) is 15.9. The Bertz CT molecular complexity index is 358.